The molecule has 30 heavy (non-hydrogen) atoms. The molecule has 5 nitrogen and oxygen atoms in total. The van der Waals surface area contributed by atoms with Gasteiger partial charge in [0.15, 0.2) is 0 Å². The Morgan fingerprint density at radius 3 is 2.00 bits per heavy atom. The van der Waals surface area contributed by atoms with Crippen molar-refractivity contribution in [1.82, 2.24) is 4.90 Å². The second-order valence-corrected chi connectivity index (χ2v) is 7.88. The van der Waals surface area contributed by atoms with Crippen molar-refractivity contribution in [3.63, 3.8) is 0 Å². The van der Waals surface area contributed by atoms with Crippen LogP contribution in [-0.4, -0.2) is 29.2 Å². The zero-order valence-corrected chi connectivity index (χ0v) is 16.5. The van der Waals surface area contributed by atoms with Crippen molar-refractivity contribution in [1.29, 1.82) is 0 Å². The quantitative estimate of drug-likeness (QED) is 0.647. The molecule has 1 fully saturated rings. The van der Waals surface area contributed by atoms with E-state index in [1.807, 2.05) is 89.8 Å². The maximum atomic E-state index is 13.4. The average molecular weight is 398 g/mol. The Kier molecular flexibility index (Phi) is 4.51. The van der Waals surface area contributed by atoms with Crippen molar-refractivity contribution in [3.8, 4) is 0 Å². The molecule has 0 bridgehead atoms. The highest BCUT2D eigenvalue weighted by atomic mass is 16.6. The van der Waals surface area contributed by atoms with E-state index >= 15 is 0 Å². The molecule has 5 heteroatoms. The van der Waals surface area contributed by atoms with Crippen molar-refractivity contribution in [3.05, 3.63) is 102 Å². The summed E-state index contributed by atoms with van der Waals surface area (Å²) in [5, 5.41) is 0. The van der Waals surface area contributed by atoms with Gasteiger partial charge in [-0.1, -0.05) is 72.8 Å². The second-order valence-electron chi connectivity index (χ2n) is 7.88. The maximum absolute atomic E-state index is 13.4. The Morgan fingerprint density at radius 2 is 1.37 bits per heavy atom. The third-order valence-electron chi connectivity index (χ3n) is 5.86. The highest BCUT2D eigenvalue weighted by Gasteiger charge is 2.56. The lowest BCUT2D eigenvalue weighted by molar-refractivity contribution is -0.136. The molecule has 0 unspecified atom stereocenters. The summed E-state index contributed by atoms with van der Waals surface area (Å²) in [4.78, 5) is 29.4. The van der Waals surface area contributed by atoms with Crippen molar-refractivity contribution >= 4 is 17.7 Å². The molecule has 1 spiro atoms. The molecule has 1 heterocycles. The van der Waals surface area contributed by atoms with E-state index in [9.17, 15) is 9.59 Å². The monoisotopic (exact) mass is 398 g/mol. The minimum absolute atomic E-state index is 0.147. The number of ether oxygens (including phenoxy) is 1. The number of benzene rings is 3. The van der Waals surface area contributed by atoms with Gasteiger partial charge in [-0.15, -0.1) is 0 Å². The molecule has 0 N–H and O–H groups in total. The molecule has 150 valence electrons. The van der Waals surface area contributed by atoms with Gasteiger partial charge in [-0.3, -0.25) is 4.79 Å². The minimum Gasteiger partial charge on any atom is -0.432 e. The van der Waals surface area contributed by atoms with Crippen LogP contribution in [0.2, 0.25) is 0 Å². The second kappa shape index (κ2) is 7.34. The molecule has 5 rings (SSSR count). The predicted molar refractivity (Wildman–Crippen MR) is 114 cm³/mol. The molecular weight excluding hydrogens is 376 g/mol. The first-order chi connectivity index (χ1) is 14.6. The number of carbonyl (C=O) groups is 2. The van der Waals surface area contributed by atoms with Gasteiger partial charge in [0.25, 0.3) is 5.91 Å². The van der Waals surface area contributed by atoms with E-state index in [-0.39, 0.29) is 12.6 Å². The molecule has 3 aromatic carbocycles. The van der Waals surface area contributed by atoms with Crippen LogP contribution in [-0.2, 0) is 28.9 Å². The summed E-state index contributed by atoms with van der Waals surface area (Å²) in [5.74, 6) is -0.252. The lowest BCUT2D eigenvalue weighted by Gasteiger charge is -2.28. The number of fused-ring (bicyclic) bond motifs is 1. The van der Waals surface area contributed by atoms with Gasteiger partial charge < -0.3 is 9.64 Å². The fourth-order valence-corrected chi connectivity index (χ4v) is 4.36. The first-order valence-corrected chi connectivity index (χ1v) is 10.1. The van der Waals surface area contributed by atoms with Gasteiger partial charge >= 0.3 is 6.09 Å². The van der Waals surface area contributed by atoms with E-state index in [0.29, 0.717) is 19.4 Å². The number of para-hydroxylation sites is 1. The van der Waals surface area contributed by atoms with Crippen LogP contribution in [0, 0.1) is 0 Å². The van der Waals surface area contributed by atoms with Crippen LogP contribution < -0.4 is 4.90 Å². The van der Waals surface area contributed by atoms with Crippen LogP contribution in [0.3, 0.4) is 0 Å². The summed E-state index contributed by atoms with van der Waals surface area (Å²) in [6.07, 6.45) is 0.310. The first kappa shape index (κ1) is 18.4. The van der Waals surface area contributed by atoms with Crippen LogP contribution >= 0.6 is 0 Å². The molecular formula is C25H22N2O3. The molecule has 0 aromatic heterocycles. The Balaban J connectivity index is 1.41. The highest BCUT2D eigenvalue weighted by molar-refractivity contribution is 6.04. The molecule has 1 aliphatic carbocycles. The Bertz CT molecular complexity index is 1060. The van der Waals surface area contributed by atoms with Gasteiger partial charge in [-0.25, -0.2) is 9.69 Å². The van der Waals surface area contributed by atoms with E-state index in [1.165, 1.54) is 4.90 Å². The van der Waals surface area contributed by atoms with Crippen LogP contribution in [0.5, 0.6) is 0 Å². The molecule has 0 saturated carbocycles. The van der Waals surface area contributed by atoms with Gasteiger partial charge in [-0.2, -0.15) is 0 Å². The molecule has 1 aliphatic heterocycles. The van der Waals surface area contributed by atoms with Gasteiger partial charge in [0.2, 0.25) is 5.60 Å². The van der Waals surface area contributed by atoms with Crippen molar-refractivity contribution in [2.24, 2.45) is 0 Å². The van der Waals surface area contributed by atoms with Crippen LogP contribution in [0.15, 0.2) is 84.9 Å². The van der Waals surface area contributed by atoms with E-state index in [1.54, 1.807) is 0 Å². The van der Waals surface area contributed by atoms with Gasteiger partial charge in [0, 0.05) is 25.1 Å². The number of nitrogens with zero attached hydrogens (tertiary/aromatic N) is 2. The Morgan fingerprint density at radius 1 is 0.800 bits per heavy atom. The van der Waals surface area contributed by atoms with E-state index in [4.69, 9.17) is 4.74 Å². The number of hydrogen-bond acceptors (Lipinski definition) is 4. The van der Waals surface area contributed by atoms with E-state index in [0.717, 1.165) is 22.4 Å². The average Bonchev–Trinajstić information content (AvgIpc) is 3.26. The van der Waals surface area contributed by atoms with E-state index in [2.05, 4.69) is 0 Å². The van der Waals surface area contributed by atoms with Crippen molar-refractivity contribution < 1.29 is 14.3 Å². The van der Waals surface area contributed by atoms with Gasteiger partial charge in [-0.05, 0) is 28.8 Å². The number of carbonyl (C=O) groups excluding carboxylic acids is 2. The zero-order chi connectivity index (χ0) is 20.6. The fraction of sp³-hybridized carbons (Fsp3) is 0.200. The molecule has 0 radical (unpaired) electrons. The lowest BCUT2D eigenvalue weighted by Crippen LogP contribution is -2.46. The summed E-state index contributed by atoms with van der Waals surface area (Å²) in [6, 6.07) is 27.7. The standard InChI is InChI=1S/C25H22N2O3/c28-23-25(15-20-11-7-8-12-21(20)16-25)30-24(29)27(23)18-26(22-13-5-2-6-14-22)17-19-9-3-1-4-10-19/h1-14H,15-18H2. The summed E-state index contributed by atoms with van der Waals surface area (Å²) < 4.78 is 5.71. The van der Waals surface area contributed by atoms with Crippen LogP contribution in [0.4, 0.5) is 10.5 Å². The fourth-order valence-electron chi connectivity index (χ4n) is 4.36. The van der Waals surface area contributed by atoms with Crippen molar-refractivity contribution in [2.75, 3.05) is 11.6 Å². The number of hydrogen-bond donors (Lipinski definition) is 0. The maximum Gasteiger partial charge on any atom is 0.419 e. The summed E-state index contributed by atoms with van der Waals surface area (Å²) in [6.45, 7) is 0.726. The normalized spacial score (nSPS) is 16.6. The SMILES string of the molecule is O=C1OC2(Cc3ccccc3C2)C(=O)N1CN(Cc1ccccc1)c1ccccc1. The topological polar surface area (TPSA) is 49.9 Å². The Hall–Kier alpha value is -3.60. The first-order valence-electron chi connectivity index (χ1n) is 10.1. The molecule has 0 atom stereocenters. The molecule has 3 aromatic rings. The van der Waals surface area contributed by atoms with Gasteiger partial charge in [0.1, 0.15) is 6.67 Å². The lowest BCUT2D eigenvalue weighted by atomic mass is 9.99. The third kappa shape index (κ3) is 3.22. The number of imide groups is 1. The number of rotatable bonds is 5. The largest absolute Gasteiger partial charge is 0.432 e. The Labute approximate surface area is 175 Å². The predicted octanol–water partition coefficient (Wildman–Crippen LogP) is 4.17. The molecule has 2 amide bonds. The van der Waals surface area contributed by atoms with Crippen molar-refractivity contribution in [2.45, 2.75) is 25.0 Å². The third-order valence-corrected chi connectivity index (χ3v) is 5.86. The van der Waals surface area contributed by atoms with Crippen LogP contribution in [0.25, 0.3) is 0 Å². The zero-order valence-electron chi connectivity index (χ0n) is 16.5. The number of anilines is 1. The minimum atomic E-state index is -1.10. The van der Waals surface area contributed by atoms with E-state index < -0.39 is 11.7 Å². The summed E-state index contributed by atoms with van der Waals surface area (Å²) in [7, 11) is 0. The summed E-state index contributed by atoms with van der Waals surface area (Å²) >= 11 is 0. The number of amides is 2. The van der Waals surface area contributed by atoms with Gasteiger partial charge in [0.05, 0.1) is 0 Å². The highest BCUT2D eigenvalue weighted by Crippen LogP contribution is 2.39. The molecule has 1 saturated heterocycles. The van der Waals surface area contributed by atoms with Crippen LogP contribution in [0.1, 0.15) is 16.7 Å². The molecule has 2 aliphatic rings. The summed E-state index contributed by atoms with van der Waals surface area (Å²) in [5.41, 5.74) is 3.09. The smallest absolute Gasteiger partial charge is 0.419 e.